The van der Waals surface area contributed by atoms with Gasteiger partial charge in [0.1, 0.15) is 11.6 Å². The average Bonchev–Trinajstić information content (AvgIpc) is 1.85. The van der Waals surface area contributed by atoms with Crippen molar-refractivity contribution < 1.29 is 14.7 Å². The Hall–Kier alpha value is -0.700. The maximum Gasteiger partial charge on any atom is 0.145 e. The Bertz CT molecular complexity index is 177. The molecule has 1 N–H and O–H groups in total. The van der Waals surface area contributed by atoms with Crippen molar-refractivity contribution in [1.82, 2.24) is 0 Å². The van der Waals surface area contributed by atoms with Gasteiger partial charge in [0.05, 0.1) is 6.42 Å². The Kier molecular flexibility index (Phi) is 4.10. The lowest BCUT2D eigenvalue weighted by atomic mass is 9.88. The molecule has 0 bridgehead atoms. The predicted octanol–water partition coefficient (Wildman–Crippen LogP) is 0.943. The Morgan fingerprint density at radius 3 is 2.08 bits per heavy atom. The third-order valence-electron chi connectivity index (χ3n) is 1.58. The zero-order chi connectivity index (χ0) is 9.78. The van der Waals surface area contributed by atoms with Crippen LogP contribution in [0.15, 0.2) is 0 Å². The minimum Gasteiger partial charge on any atom is -0.396 e. The fourth-order valence-corrected chi connectivity index (χ4v) is 0.657. The molecule has 0 aromatic heterocycles. The number of carbonyl (C=O) groups excluding carboxylic acids is 2. The summed E-state index contributed by atoms with van der Waals surface area (Å²) < 4.78 is 0. The number of hydrogen-bond acceptors (Lipinski definition) is 3. The van der Waals surface area contributed by atoms with Crippen molar-refractivity contribution in [3.8, 4) is 0 Å². The van der Waals surface area contributed by atoms with Crippen molar-refractivity contribution in [2.45, 2.75) is 33.6 Å². The highest BCUT2D eigenvalue weighted by Gasteiger charge is 2.22. The van der Waals surface area contributed by atoms with Crippen LogP contribution < -0.4 is 0 Å². The number of hydrogen-bond donors (Lipinski definition) is 1. The summed E-state index contributed by atoms with van der Waals surface area (Å²) in [7, 11) is 0. The van der Waals surface area contributed by atoms with Crippen molar-refractivity contribution in [2.75, 3.05) is 6.61 Å². The van der Waals surface area contributed by atoms with E-state index in [1.807, 2.05) is 0 Å². The lowest BCUT2D eigenvalue weighted by Crippen LogP contribution is -2.23. The van der Waals surface area contributed by atoms with E-state index in [0.29, 0.717) is 0 Å². The van der Waals surface area contributed by atoms with Gasteiger partial charge in [-0.1, -0.05) is 20.8 Å². The van der Waals surface area contributed by atoms with E-state index >= 15 is 0 Å². The van der Waals surface area contributed by atoms with Crippen LogP contribution in [-0.4, -0.2) is 23.3 Å². The molecule has 3 heteroatoms. The second kappa shape index (κ2) is 4.36. The number of rotatable bonds is 4. The third-order valence-corrected chi connectivity index (χ3v) is 1.58. The van der Waals surface area contributed by atoms with E-state index < -0.39 is 5.41 Å². The van der Waals surface area contributed by atoms with E-state index in [0.717, 1.165) is 0 Å². The molecular weight excluding hydrogens is 156 g/mol. The first-order valence-corrected chi connectivity index (χ1v) is 4.04. The zero-order valence-corrected chi connectivity index (χ0v) is 7.89. The molecular formula is C9H16O3. The van der Waals surface area contributed by atoms with Crippen LogP contribution in [0.5, 0.6) is 0 Å². The van der Waals surface area contributed by atoms with E-state index in [1.54, 1.807) is 20.8 Å². The van der Waals surface area contributed by atoms with E-state index in [4.69, 9.17) is 5.11 Å². The summed E-state index contributed by atoms with van der Waals surface area (Å²) in [6, 6.07) is 0. The zero-order valence-electron chi connectivity index (χ0n) is 7.89. The normalized spacial score (nSPS) is 11.3. The van der Waals surface area contributed by atoms with Gasteiger partial charge in [0.15, 0.2) is 0 Å². The van der Waals surface area contributed by atoms with E-state index in [1.165, 1.54) is 0 Å². The summed E-state index contributed by atoms with van der Waals surface area (Å²) in [5.74, 6) is -0.252. The summed E-state index contributed by atoms with van der Waals surface area (Å²) in [5.41, 5.74) is -0.453. The number of carbonyl (C=O) groups is 2. The minimum absolute atomic E-state index is 0.0515. The minimum atomic E-state index is -0.453. The van der Waals surface area contributed by atoms with Crippen LogP contribution in [0, 0.1) is 5.41 Å². The van der Waals surface area contributed by atoms with E-state index in [-0.39, 0.29) is 31.0 Å². The summed E-state index contributed by atoms with van der Waals surface area (Å²) in [4.78, 5) is 22.2. The molecule has 0 amide bonds. The maximum absolute atomic E-state index is 11.2. The first kappa shape index (κ1) is 11.3. The van der Waals surface area contributed by atoms with Crippen LogP contribution in [0.1, 0.15) is 33.6 Å². The molecule has 12 heavy (non-hydrogen) atoms. The molecule has 0 rings (SSSR count). The summed E-state index contributed by atoms with van der Waals surface area (Å²) in [6.45, 7) is 5.17. The monoisotopic (exact) mass is 172 g/mol. The van der Waals surface area contributed by atoms with Gasteiger partial charge >= 0.3 is 0 Å². The highest BCUT2D eigenvalue weighted by molar-refractivity contribution is 6.01. The van der Waals surface area contributed by atoms with Gasteiger partial charge in [-0.15, -0.1) is 0 Å². The van der Waals surface area contributed by atoms with Crippen molar-refractivity contribution in [1.29, 1.82) is 0 Å². The molecule has 0 atom stereocenters. The van der Waals surface area contributed by atoms with Gasteiger partial charge in [-0.05, 0) is 0 Å². The topological polar surface area (TPSA) is 54.4 Å². The first-order chi connectivity index (χ1) is 5.38. The molecule has 0 unspecified atom stereocenters. The van der Waals surface area contributed by atoms with E-state index in [9.17, 15) is 9.59 Å². The van der Waals surface area contributed by atoms with Crippen molar-refractivity contribution in [2.24, 2.45) is 5.41 Å². The Balaban J connectivity index is 3.94. The van der Waals surface area contributed by atoms with Crippen molar-refractivity contribution in [3.05, 3.63) is 0 Å². The van der Waals surface area contributed by atoms with Gasteiger partial charge in [-0.2, -0.15) is 0 Å². The largest absolute Gasteiger partial charge is 0.396 e. The quantitative estimate of drug-likeness (QED) is 0.642. The van der Waals surface area contributed by atoms with Crippen LogP contribution in [0.4, 0.5) is 0 Å². The second-order valence-corrected chi connectivity index (χ2v) is 3.86. The molecule has 0 fully saturated rings. The van der Waals surface area contributed by atoms with Crippen LogP contribution in [-0.2, 0) is 9.59 Å². The molecule has 0 aliphatic heterocycles. The average molecular weight is 172 g/mol. The van der Waals surface area contributed by atoms with Crippen molar-refractivity contribution >= 4 is 11.6 Å². The molecule has 0 saturated carbocycles. The number of Topliss-reactive ketones (excluding diaryl/α,β-unsaturated/α-hetero) is 2. The standard InChI is InChI=1S/C9H16O3/c1-9(2,3)8(12)6-7(11)4-5-10/h10H,4-6H2,1-3H3. The molecule has 0 aliphatic rings. The summed E-state index contributed by atoms with van der Waals surface area (Å²) in [6.07, 6.45) is 0.0336. The Labute approximate surface area is 72.8 Å². The van der Waals surface area contributed by atoms with Crippen LogP contribution in [0.25, 0.3) is 0 Å². The summed E-state index contributed by atoms with van der Waals surface area (Å²) in [5, 5.41) is 8.42. The number of ketones is 2. The van der Waals surface area contributed by atoms with E-state index in [2.05, 4.69) is 0 Å². The SMILES string of the molecule is CC(C)(C)C(=O)CC(=O)CCO. The molecule has 0 spiro atoms. The molecule has 0 aromatic carbocycles. The van der Waals surface area contributed by atoms with Gasteiger partial charge in [0, 0.05) is 18.4 Å². The molecule has 0 radical (unpaired) electrons. The molecule has 0 saturated heterocycles. The third kappa shape index (κ3) is 4.23. The van der Waals surface area contributed by atoms with Gasteiger partial charge in [-0.3, -0.25) is 9.59 Å². The van der Waals surface area contributed by atoms with Crippen LogP contribution in [0.2, 0.25) is 0 Å². The fraction of sp³-hybridized carbons (Fsp3) is 0.778. The number of aliphatic hydroxyl groups excluding tert-OH is 1. The van der Waals surface area contributed by atoms with Crippen LogP contribution in [0.3, 0.4) is 0 Å². The number of aliphatic hydroxyl groups is 1. The molecule has 3 nitrogen and oxygen atoms in total. The Morgan fingerprint density at radius 1 is 1.25 bits per heavy atom. The van der Waals surface area contributed by atoms with Gasteiger partial charge in [0.25, 0.3) is 0 Å². The fourth-order valence-electron chi connectivity index (χ4n) is 0.657. The highest BCUT2D eigenvalue weighted by Crippen LogP contribution is 2.16. The molecule has 0 aromatic rings. The first-order valence-electron chi connectivity index (χ1n) is 4.04. The molecule has 0 heterocycles. The summed E-state index contributed by atoms with van der Waals surface area (Å²) >= 11 is 0. The molecule has 0 aliphatic carbocycles. The highest BCUT2D eigenvalue weighted by atomic mass is 16.3. The lowest BCUT2D eigenvalue weighted by molar-refractivity contribution is -0.131. The van der Waals surface area contributed by atoms with Crippen LogP contribution >= 0.6 is 0 Å². The Morgan fingerprint density at radius 2 is 1.75 bits per heavy atom. The van der Waals surface area contributed by atoms with Gasteiger partial charge in [-0.25, -0.2) is 0 Å². The van der Waals surface area contributed by atoms with Gasteiger partial charge in [0.2, 0.25) is 0 Å². The molecule has 70 valence electrons. The lowest BCUT2D eigenvalue weighted by Gasteiger charge is -2.15. The maximum atomic E-state index is 11.2. The van der Waals surface area contributed by atoms with Gasteiger partial charge < -0.3 is 5.11 Å². The van der Waals surface area contributed by atoms with Crippen molar-refractivity contribution in [3.63, 3.8) is 0 Å². The smallest absolute Gasteiger partial charge is 0.145 e. The second-order valence-electron chi connectivity index (χ2n) is 3.86. The predicted molar refractivity (Wildman–Crippen MR) is 45.8 cm³/mol.